The molecule has 0 bridgehead atoms. The summed E-state index contributed by atoms with van der Waals surface area (Å²) in [4.78, 5) is 11.8. The number of hydrogen-bond donors (Lipinski definition) is 2. The molecule has 0 radical (unpaired) electrons. The molecule has 0 spiro atoms. The largest absolute Gasteiger partial charge is 0.382 e. The van der Waals surface area contributed by atoms with Crippen LogP contribution in [0.15, 0.2) is 0 Å². The van der Waals surface area contributed by atoms with Crippen molar-refractivity contribution in [3.63, 3.8) is 0 Å². The van der Waals surface area contributed by atoms with Gasteiger partial charge in [-0.15, -0.1) is 0 Å². The second-order valence-corrected chi connectivity index (χ2v) is 4.37. The predicted molar refractivity (Wildman–Crippen MR) is 56.7 cm³/mol. The lowest BCUT2D eigenvalue weighted by molar-refractivity contribution is -0.136. The molecule has 1 heterocycles. The van der Waals surface area contributed by atoms with Gasteiger partial charge in [-0.3, -0.25) is 4.79 Å². The van der Waals surface area contributed by atoms with Gasteiger partial charge in [-0.25, -0.2) is 0 Å². The average Bonchev–Trinajstić information content (AvgIpc) is 2.18. The molecule has 1 saturated heterocycles. The summed E-state index contributed by atoms with van der Waals surface area (Å²) in [5, 5.41) is 6.01. The van der Waals surface area contributed by atoms with Gasteiger partial charge in [-0.05, 0) is 13.8 Å². The monoisotopic (exact) mass is 216 g/mol. The maximum atomic E-state index is 11.8. The Kier molecular flexibility index (Phi) is 4.50. The molecule has 1 atom stereocenters. The van der Waals surface area contributed by atoms with Gasteiger partial charge >= 0.3 is 0 Å². The first-order chi connectivity index (χ1) is 7.05. The summed E-state index contributed by atoms with van der Waals surface area (Å²) >= 11 is 0. The Hall–Kier alpha value is -0.650. The fourth-order valence-corrected chi connectivity index (χ4v) is 1.54. The van der Waals surface area contributed by atoms with Gasteiger partial charge in [0.15, 0.2) is 0 Å². The van der Waals surface area contributed by atoms with E-state index in [2.05, 4.69) is 10.6 Å². The highest BCUT2D eigenvalue weighted by atomic mass is 16.5. The van der Waals surface area contributed by atoms with Crippen LogP contribution in [-0.4, -0.2) is 51.0 Å². The summed E-state index contributed by atoms with van der Waals surface area (Å²) in [7, 11) is 1.62. The zero-order valence-electron chi connectivity index (χ0n) is 9.63. The summed E-state index contributed by atoms with van der Waals surface area (Å²) in [6.45, 7) is 6.30. The summed E-state index contributed by atoms with van der Waals surface area (Å²) in [5.41, 5.74) is -0.355. The maximum absolute atomic E-state index is 11.8. The molecule has 2 N–H and O–H groups in total. The van der Waals surface area contributed by atoms with E-state index in [1.54, 1.807) is 7.11 Å². The molecule has 1 rings (SSSR count). The van der Waals surface area contributed by atoms with Crippen molar-refractivity contribution in [2.45, 2.75) is 25.5 Å². The van der Waals surface area contributed by atoms with Crippen LogP contribution in [-0.2, 0) is 14.3 Å². The Morgan fingerprint density at radius 1 is 1.67 bits per heavy atom. The van der Waals surface area contributed by atoms with E-state index < -0.39 is 0 Å². The minimum Gasteiger partial charge on any atom is -0.382 e. The van der Waals surface area contributed by atoms with E-state index in [1.807, 2.05) is 13.8 Å². The first-order valence-corrected chi connectivity index (χ1v) is 5.18. The Morgan fingerprint density at radius 3 is 2.93 bits per heavy atom. The molecule has 0 aliphatic carbocycles. The van der Waals surface area contributed by atoms with E-state index >= 15 is 0 Å². The minimum atomic E-state index is -0.380. The molecule has 1 amide bonds. The first-order valence-electron chi connectivity index (χ1n) is 5.18. The van der Waals surface area contributed by atoms with E-state index in [1.165, 1.54) is 0 Å². The highest BCUT2D eigenvalue weighted by Crippen LogP contribution is 2.04. The minimum absolute atomic E-state index is 0.0794. The standard InChI is InChI=1S/C10H20N2O3/c1-10(2,7-14-3)12-9(13)8-6-11-4-5-15-8/h8,11H,4-7H2,1-3H3,(H,12,13)/t8-/m0/s1. The van der Waals surface area contributed by atoms with E-state index in [-0.39, 0.29) is 17.6 Å². The lowest BCUT2D eigenvalue weighted by Gasteiger charge is -2.29. The molecule has 1 fully saturated rings. The van der Waals surface area contributed by atoms with Crippen molar-refractivity contribution < 1.29 is 14.3 Å². The molecular formula is C10H20N2O3. The maximum Gasteiger partial charge on any atom is 0.250 e. The van der Waals surface area contributed by atoms with Crippen LogP contribution >= 0.6 is 0 Å². The number of nitrogens with one attached hydrogen (secondary N) is 2. The summed E-state index contributed by atoms with van der Waals surface area (Å²) in [6.07, 6.45) is -0.380. The van der Waals surface area contributed by atoms with Crippen LogP contribution in [0, 0.1) is 0 Å². The molecule has 1 aliphatic heterocycles. The Balaban J connectivity index is 2.39. The van der Waals surface area contributed by atoms with Gasteiger partial charge in [-0.1, -0.05) is 0 Å². The number of amides is 1. The number of carbonyl (C=O) groups excluding carboxylic acids is 1. The first kappa shape index (κ1) is 12.4. The Bertz CT molecular complexity index is 213. The number of ether oxygens (including phenoxy) is 2. The third-order valence-corrected chi connectivity index (χ3v) is 2.19. The number of rotatable bonds is 4. The van der Waals surface area contributed by atoms with E-state index in [0.717, 1.165) is 6.54 Å². The van der Waals surface area contributed by atoms with Crippen molar-refractivity contribution in [1.82, 2.24) is 10.6 Å². The van der Waals surface area contributed by atoms with Crippen LogP contribution in [0.5, 0.6) is 0 Å². The summed E-state index contributed by atoms with van der Waals surface area (Å²) in [5.74, 6) is -0.0794. The zero-order valence-corrected chi connectivity index (χ0v) is 9.63. The molecule has 0 saturated carbocycles. The molecule has 0 aromatic heterocycles. The third kappa shape index (κ3) is 4.15. The van der Waals surface area contributed by atoms with Crippen molar-refractivity contribution in [3.8, 4) is 0 Å². The van der Waals surface area contributed by atoms with Crippen molar-refractivity contribution in [3.05, 3.63) is 0 Å². The topological polar surface area (TPSA) is 59.6 Å². The fourth-order valence-electron chi connectivity index (χ4n) is 1.54. The quantitative estimate of drug-likeness (QED) is 0.666. The lowest BCUT2D eigenvalue weighted by atomic mass is 10.1. The van der Waals surface area contributed by atoms with Gasteiger partial charge in [0, 0.05) is 20.2 Å². The molecule has 0 aromatic carbocycles. The van der Waals surface area contributed by atoms with Crippen LogP contribution in [0.4, 0.5) is 0 Å². The number of morpholine rings is 1. The van der Waals surface area contributed by atoms with Crippen LogP contribution < -0.4 is 10.6 Å². The van der Waals surface area contributed by atoms with Crippen LogP contribution in [0.1, 0.15) is 13.8 Å². The fraction of sp³-hybridized carbons (Fsp3) is 0.900. The number of methoxy groups -OCH3 is 1. The van der Waals surface area contributed by atoms with Gasteiger partial charge in [0.1, 0.15) is 6.10 Å². The Labute approximate surface area is 90.5 Å². The number of carbonyl (C=O) groups is 1. The second-order valence-electron chi connectivity index (χ2n) is 4.37. The smallest absolute Gasteiger partial charge is 0.250 e. The second kappa shape index (κ2) is 5.44. The average molecular weight is 216 g/mol. The Morgan fingerprint density at radius 2 is 2.40 bits per heavy atom. The molecule has 88 valence electrons. The molecule has 1 aliphatic rings. The van der Waals surface area contributed by atoms with Gasteiger partial charge in [0.25, 0.3) is 5.91 Å². The third-order valence-electron chi connectivity index (χ3n) is 2.19. The highest BCUT2D eigenvalue weighted by molar-refractivity contribution is 5.81. The van der Waals surface area contributed by atoms with Crippen molar-refractivity contribution in [1.29, 1.82) is 0 Å². The van der Waals surface area contributed by atoms with Crippen molar-refractivity contribution in [2.24, 2.45) is 0 Å². The van der Waals surface area contributed by atoms with E-state index in [0.29, 0.717) is 19.8 Å². The van der Waals surface area contributed by atoms with Crippen LogP contribution in [0.3, 0.4) is 0 Å². The molecule has 5 nitrogen and oxygen atoms in total. The van der Waals surface area contributed by atoms with Gasteiger partial charge in [0.2, 0.25) is 0 Å². The van der Waals surface area contributed by atoms with Crippen molar-refractivity contribution in [2.75, 3.05) is 33.4 Å². The van der Waals surface area contributed by atoms with Crippen molar-refractivity contribution >= 4 is 5.91 Å². The van der Waals surface area contributed by atoms with Gasteiger partial charge < -0.3 is 20.1 Å². The normalized spacial score (nSPS) is 22.5. The molecule has 15 heavy (non-hydrogen) atoms. The summed E-state index contributed by atoms with van der Waals surface area (Å²) in [6, 6.07) is 0. The number of hydrogen-bond acceptors (Lipinski definition) is 4. The van der Waals surface area contributed by atoms with E-state index in [4.69, 9.17) is 9.47 Å². The molecule has 0 unspecified atom stereocenters. The van der Waals surface area contributed by atoms with Crippen LogP contribution in [0.25, 0.3) is 0 Å². The summed E-state index contributed by atoms with van der Waals surface area (Å²) < 4.78 is 10.4. The molecule has 0 aromatic rings. The van der Waals surface area contributed by atoms with Crippen LogP contribution in [0.2, 0.25) is 0 Å². The highest BCUT2D eigenvalue weighted by Gasteiger charge is 2.27. The molecular weight excluding hydrogens is 196 g/mol. The lowest BCUT2D eigenvalue weighted by Crippen LogP contribution is -2.55. The van der Waals surface area contributed by atoms with E-state index in [9.17, 15) is 4.79 Å². The van der Waals surface area contributed by atoms with Gasteiger partial charge in [-0.2, -0.15) is 0 Å². The predicted octanol–water partition coefficient (Wildman–Crippen LogP) is -0.484. The zero-order chi connectivity index (χ0) is 11.3. The SMILES string of the molecule is COCC(C)(C)NC(=O)[C@@H]1CNCCO1. The molecule has 5 heteroatoms. The van der Waals surface area contributed by atoms with Gasteiger partial charge in [0.05, 0.1) is 18.8 Å².